The molecule has 2 aliphatic heterocycles. The molecule has 1 aromatic rings. The standard InChI is InChI=1S/C17H29N5O2/c1-20-7-6-19-16(17(20)23)21(2)12-15-13-22(8-9-24-15)11-14-4-3-5-18-10-14/h6-7,14-15,18H,3-5,8-13H2,1-2H3. The molecule has 1 aromatic heterocycles. The summed E-state index contributed by atoms with van der Waals surface area (Å²) in [5, 5.41) is 3.49. The minimum Gasteiger partial charge on any atom is -0.374 e. The Hall–Kier alpha value is -1.44. The second kappa shape index (κ2) is 8.09. The molecule has 0 aliphatic carbocycles. The maximum Gasteiger partial charge on any atom is 0.293 e. The lowest BCUT2D eigenvalue weighted by atomic mass is 9.99. The van der Waals surface area contributed by atoms with Gasteiger partial charge in [-0.25, -0.2) is 4.98 Å². The van der Waals surface area contributed by atoms with Gasteiger partial charge in [-0.2, -0.15) is 0 Å². The van der Waals surface area contributed by atoms with E-state index in [0.717, 1.165) is 45.2 Å². The van der Waals surface area contributed by atoms with Crippen molar-refractivity contribution in [3.05, 3.63) is 22.7 Å². The molecular weight excluding hydrogens is 306 g/mol. The van der Waals surface area contributed by atoms with Crippen LogP contribution in [-0.4, -0.2) is 73.5 Å². The Balaban J connectivity index is 1.54. The van der Waals surface area contributed by atoms with E-state index in [4.69, 9.17) is 4.74 Å². The molecule has 134 valence electrons. The van der Waals surface area contributed by atoms with E-state index in [1.807, 2.05) is 11.9 Å². The first-order chi connectivity index (χ1) is 11.6. The van der Waals surface area contributed by atoms with Crippen LogP contribution in [0.5, 0.6) is 0 Å². The van der Waals surface area contributed by atoms with Gasteiger partial charge in [0.15, 0.2) is 5.82 Å². The second-order valence-electron chi connectivity index (χ2n) is 7.01. The quantitative estimate of drug-likeness (QED) is 0.812. The summed E-state index contributed by atoms with van der Waals surface area (Å²) in [7, 11) is 3.66. The highest BCUT2D eigenvalue weighted by molar-refractivity contribution is 5.34. The molecule has 2 fully saturated rings. The first-order valence-corrected chi connectivity index (χ1v) is 8.91. The van der Waals surface area contributed by atoms with Crippen LogP contribution >= 0.6 is 0 Å². The third kappa shape index (κ3) is 4.34. The fourth-order valence-electron chi connectivity index (χ4n) is 3.64. The fourth-order valence-corrected chi connectivity index (χ4v) is 3.64. The smallest absolute Gasteiger partial charge is 0.293 e. The third-order valence-corrected chi connectivity index (χ3v) is 4.98. The van der Waals surface area contributed by atoms with E-state index in [2.05, 4.69) is 15.2 Å². The van der Waals surface area contributed by atoms with E-state index in [0.29, 0.717) is 12.4 Å². The van der Waals surface area contributed by atoms with Crippen molar-refractivity contribution < 1.29 is 4.74 Å². The lowest BCUT2D eigenvalue weighted by Crippen LogP contribution is -2.50. The largest absolute Gasteiger partial charge is 0.374 e. The maximum absolute atomic E-state index is 12.2. The van der Waals surface area contributed by atoms with Crippen LogP contribution in [0.25, 0.3) is 0 Å². The van der Waals surface area contributed by atoms with Gasteiger partial charge in [-0.1, -0.05) is 0 Å². The molecule has 2 unspecified atom stereocenters. The zero-order valence-electron chi connectivity index (χ0n) is 14.8. The lowest BCUT2D eigenvalue weighted by Gasteiger charge is -2.37. The van der Waals surface area contributed by atoms with Crippen LogP contribution in [-0.2, 0) is 11.8 Å². The van der Waals surface area contributed by atoms with Crippen LogP contribution in [0.1, 0.15) is 12.8 Å². The van der Waals surface area contributed by atoms with E-state index >= 15 is 0 Å². The van der Waals surface area contributed by atoms with Gasteiger partial charge in [0, 0.05) is 52.7 Å². The van der Waals surface area contributed by atoms with Crippen LogP contribution in [0.15, 0.2) is 17.2 Å². The molecule has 0 amide bonds. The first-order valence-electron chi connectivity index (χ1n) is 8.91. The molecule has 24 heavy (non-hydrogen) atoms. The lowest BCUT2D eigenvalue weighted by molar-refractivity contribution is -0.0291. The molecule has 0 saturated carbocycles. The minimum atomic E-state index is -0.0686. The highest BCUT2D eigenvalue weighted by Gasteiger charge is 2.25. The number of rotatable bonds is 5. The van der Waals surface area contributed by atoms with Crippen molar-refractivity contribution in [2.24, 2.45) is 13.0 Å². The zero-order valence-corrected chi connectivity index (χ0v) is 14.8. The van der Waals surface area contributed by atoms with Gasteiger partial charge in [0.2, 0.25) is 0 Å². The Labute approximate surface area is 143 Å². The number of nitrogens with zero attached hydrogens (tertiary/aromatic N) is 4. The van der Waals surface area contributed by atoms with Crippen LogP contribution in [0.3, 0.4) is 0 Å². The molecule has 0 bridgehead atoms. The fraction of sp³-hybridized carbons (Fsp3) is 0.765. The van der Waals surface area contributed by atoms with E-state index in [-0.39, 0.29) is 11.7 Å². The molecule has 2 atom stereocenters. The third-order valence-electron chi connectivity index (χ3n) is 4.98. The summed E-state index contributed by atoms with van der Waals surface area (Å²) in [4.78, 5) is 20.8. The molecular formula is C17H29N5O2. The number of nitrogens with one attached hydrogen (secondary N) is 1. The van der Waals surface area contributed by atoms with E-state index in [1.165, 1.54) is 12.8 Å². The first kappa shape index (κ1) is 17.4. The molecule has 2 saturated heterocycles. The summed E-state index contributed by atoms with van der Waals surface area (Å²) in [5.41, 5.74) is -0.0686. The molecule has 0 spiro atoms. The van der Waals surface area contributed by atoms with Gasteiger partial charge in [0.1, 0.15) is 0 Å². The number of aryl methyl sites for hydroxylation is 1. The molecule has 3 heterocycles. The van der Waals surface area contributed by atoms with Gasteiger partial charge < -0.3 is 19.5 Å². The second-order valence-corrected chi connectivity index (χ2v) is 7.01. The van der Waals surface area contributed by atoms with Crippen molar-refractivity contribution in [3.8, 4) is 0 Å². The van der Waals surface area contributed by atoms with Crippen LogP contribution in [0, 0.1) is 5.92 Å². The summed E-state index contributed by atoms with van der Waals surface area (Å²) >= 11 is 0. The highest BCUT2D eigenvalue weighted by Crippen LogP contribution is 2.15. The number of hydrogen-bond acceptors (Lipinski definition) is 6. The van der Waals surface area contributed by atoms with Gasteiger partial charge in [0.05, 0.1) is 12.7 Å². The summed E-state index contributed by atoms with van der Waals surface area (Å²) in [5.74, 6) is 1.23. The topological polar surface area (TPSA) is 62.6 Å². The number of ether oxygens (including phenoxy) is 1. The highest BCUT2D eigenvalue weighted by atomic mass is 16.5. The average molecular weight is 335 g/mol. The van der Waals surface area contributed by atoms with Crippen LogP contribution in [0.4, 0.5) is 5.82 Å². The number of aromatic nitrogens is 2. The number of piperidine rings is 1. The summed E-state index contributed by atoms with van der Waals surface area (Å²) in [6.45, 7) is 6.81. The number of hydrogen-bond donors (Lipinski definition) is 1. The number of anilines is 1. The van der Waals surface area contributed by atoms with Crippen molar-refractivity contribution in [2.45, 2.75) is 18.9 Å². The molecule has 7 nitrogen and oxygen atoms in total. The Morgan fingerprint density at radius 1 is 1.50 bits per heavy atom. The molecule has 1 N–H and O–H groups in total. The SMILES string of the molecule is CN(CC1CN(CC2CCCNC2)CCO1)c1nccn(C)c1=O. The maximum atomic E-state index is 12.2. The Morgan fingerprint density at radius 2 is 2.38 bits per heavy atom. The Bertz CT molecular complexity index is 585. The molecule has 3 rings (SSSR count). The molecule has 0 radical (unpaired) electrons. The van der Waals surface area contributed by atoms with Crippen molar-refractivity contribution >= 4 is 5.82 Å². The molecule has 7 heteroatoms. The predicted molar refractivity (Wildman–Crippen MR) is 94.5 cm³/mol. The summed E-state index contributed by atoms with van der Waals surface area (Å²) in [6, 6.07) is 0. The van der Waals surface area contributed by atoms with Crippen molar-refractivity contribution in [2.75, 3.05) is 57.8 Å². The van der Waals surface area contributed by atoms with Gasteiger partial charge in [-0.05, 0) is 31.8 Å². The van der Waals surface area contributed by atoms with E-state index in [1.54, 1.807) is 24.0 Å². The summed E-state index contributed by atoms with van der Waals surface area (Å²) in [6.07, 6.45) is 6.06. The van der Waals surface area contributed by atoms with Gasteiger partial charge >= 0.3 is 0 Å². The predicted octanol–water partition coefficient (Wildman–Crippen LogP) is -0.0831. The van der Waals surface area contributed by atoms with Crippen molar-refractivity contribution in [1.82, 2.24) is 19.8 Å². The number of likely N-dealkylation sites (N-methyl/N-ethyl adjacent to an activating group) is 1. The van der Waals surface area contributed by atoms with Gasteiger partial charge in [0.25, 0.3) is 5.56 Å². The van der Waals surface area contributed by atoms with Crippen molar-refractivity contribution in [3.63, 3.8) is 0 Å². The molecule has 0 aromatic carbocycles. The van der Waals surface area contributed by atoms with Gasteiger partial charge in [-0.3, -0.25) is 9.69 Å². The van der Waals surface area contributed by atoms with Gasteiger partial charge in [-0.15, -0.1) is 0 Å². The van der Waals surface area contributed by atoms with Crippen molar-refractivity contribution in [1.29, 1.82) is 0 Å². The summed E-state index contributed by atoms with van der Waals surface area (Å²) < 4.78 is 7.48. The zero-order chi connectivity index (χ0) is 16.9. The average Bonchev–Trinajstić information content (AvgIpc) is 2.58. The Kier molecular flexibility index (Phi) is 5.86. The van der Waals surface area contributed by atoms with E-state index < -0.39 is 0 Å². The van der Waals surface area contributed by atoms with Crippen LogP contribution in [0.2, 0.25) is 0 Å². The van der Waals surface area contributed by atoms with Crippen LogP contribution < -0.4 is 15.8 Å². The normalized spacial score (nSPS) is 25.6. The molecule has 2 aliphatic rings. The monoisotopic (exact) mass is 335 g/mol. The minimum absolute atomic E-state index is 0.0686. The Morgan fingerprint density at radius 3 is 3.17 bits per heavy atom. The van der Waals surface area contributed by atoms with E-state index in [9.17, 15) is 4.79 Å². The number of morpholine rings is 1.